The molecule has 2 N–H and O–H groups in total. The Bertz CT molecular complexity index is 1640. The van der Waals surface area contributed by atoms with Crippen molar-refractivity contribution in [1.82, 2.24) is 14.8 Å². The van der Waals surface area contributed by atoms with Gasteiger partial charge in [0.05, 0.1) is 17.1 Å². The Kier molecular flexibility index (Phi) is 9.11. The van der Waals surface area contributed by atoms with E-state index in [1.807, 2.05) is 25.1 Å². The zero-order valence-electron chi connectivity index (χ0n) is 23.9. The van der Waals surface area contributed by atoms with Crippen molar-refractivity contribution in [2.75, 3.05) is 16.0 Å². The second-order valence-corrected chi connectivity index (χ2v) is 11.1. The van der Waals surface area contributed by atoms with Crippen molar-refractivity contribution >= 4 is 34.2 Å². The quantitative estimate of drug-likeness (QED) is 0.206. The minimum Gasteiger partial charge on any atom is -0.458 e. The lowest BCUT2D eigenvalue weighted by atomic mass is 9.99. The number of ether oxygens (including phenoxy) is 2. The van der Waals surface area contributed by atoms with Crippen LogP contribution in [0.5, 0.6) is 11.8 Å². The number of halogens is 3. The van der Waals surface area contributed by atoms with Gasteiger partial charge in [0.1, 0.15) is 18.7 Å². The first-order chi connectivity index (χ1) is 20.9. The van der Waals surface area contributed by atoms with Crippen LogP contribution >= 0.6 is 11.8 Å². The van der Waals surface area contributed by atoms with E-state index < -0.39 is 12.7 Å². The molecule has 5 rings (SSSR count). The van der Waals surface area contributed by atoms with Crippen LogP contribution in [0.1, 0.15) is 36.5 Å². The first-order valence-corrected chi connectivity index (χ1v) is 14.5. The van der Waals surface area contributed by atoms with Gasteiger partial charge in [0, 0.05) is 5.69 Å². The fourth-order valence-electron chi connectivity index (χ4n) is 4.40. The van der Waals surface area contributed by atoms with E-state index in [4.69, 9.17) is 4.74 Å². The number of aliphatic imine (C=N–C) groups is 1. The molecule has 0 saturated carbocycles. The van der Waals surface area contributed by atoms with Crippen molar-refractivity contribution in [2.24, 2.45) is 4.99 Å². The van der Waals surface area contributed by atoms with Gasteiger partial charge in [0.25, 0.3) is 0 Å². The number of aliphatic hydroxyl groups is 1. The minimum atomic E-state index is -4.77. The Morgan fingerprint density at radius 3 is 2.50 bits per heavy atom. The number of carbonyl (C=O) groups excluding carboxylic acids is 1. The van der Waals surface area contributed by atoms with Crippen molar-refractivity contribution < 1.29 is 32.5 Å². The third-order valence-corrected chi connectivity index (χ3v) is 7.41. The zero-order valence-corrected chi connectivity index (χ0v) is 24.8. The van der Waals surface area contributed by atoms with Gasteiger partial charge in [-0.25, -0.2) is 9.67 Å². The fourth-order valence-corrected chi connectivity index (χ4v) is 5.29. The molecule has 44 heavy (non-hydrogen) atoms. The third-order valence-electron chi connectivity index (χ3n) is 6.47. The number of anilines is 2. The number of hydrogen-bond acceptors (Lipinski definition) is 9. The van der Waals surface area contributed by atoms with Gasteiger partial charge in [-0.2, -0.15) is 4.98 Å². The second kappa shape index (κ2) is 13.0. The molecule has 2 heterocycles. The fraction of sp³-hybridized carbons (Fsp3) is 0.267. The Hall–Kier alpha value is -4.56. The van der Waals surface area contributed by atoms with Crippen molar-refractivity contribution in [3.8, 4) is 17.4 Å². The van der Waals surface area contributed by atoms with Gasteiger partial charge in [-0.3, -0.25) is 9.69 Å². The molecule has 0 radical (unpaired) electrons. The molecule has 0 bridgehead atoms. The molecule has 1 fully saturated rings. The average Bonchev–Trinajstić information content (AvgIpc) is 3.58. The lowest BCUT2D eigenvalue weighted by molar-refractivity contribution is -0.274. The molecule has 3 aromatic carbocycles. The maximum atomic E-state index is 12.8. The van der Waals surface area contributed by atoms with Gasteiger partial charge in [-0.05, 0) is 72.0 Å². The van der Waals surface area contributed by atoms with Crippen molar-refractivity contribution in [3.05, 3.63) is 89.7 Å². The van der Waals surface area contributed by atoms with Crippen LogP contribution in [0.25, 0.3) is 5.69 Å². The smallest absolute Gasteiger partial charge is 0.458 e. The summed E-state index contributed by atoms with van der Waals surface area (Å²) in [4.78, 5) is 22.8. The number of nitrogens with zero attached hydrogens (tertiary/aromatic N) is 5. The highest BCUT2D eigenvalue weighted by Gasteiger charge is 2.32. The third kappa shape index (κ3) is 7.68. The standard InChI is InChI=1S/C30H29F3N6O4S/c1-18(2)24-13-4-19(3)14-25(24)39-26(40)16-44-29(39)36-27(41)35-21-7-5-20(6-8-21)15-42-28-34-17-38(37-28)22-9-11-23(12-10-22)43-30(31,32)33/h4-14,17-18,27,35,41H,15-16H2,1-3H3/b36-29-. The Morgan fingerprint density at radius 1 is 1.09 bits per heavy atom. The van der Waals surface area contributed by atoms with Gasteiger partial charge in [-0.1, -0.05) is 49.9 Å². The van der Waals surface area contributed by atoms with Crippen LogP contribution in [0, 0.1) is 6.92 Å². The van der Waals surface area contributed by atoms with E-state index >= 15 is 0 Å². The molecule has 1 amide bonds. The van der Waals surface area contributed by atoms with E-state index in [0.717, 1.165) is 22.4 Å². The lowest BCUT2D eigenvalue weighted by Crippen LogP contribution is -2.32. The first-order valence-electron chi connectivity index (χ1n) is 13.5. The van der Waals surface area contributed by atoms with E-state index in [2.05, 4.69) is 39.0 Å². The number of rotatable bonds is 10. The number of aliphatic hydroxyl groups excluding tert-OH is 1. The highest BCUT2D eigenvalue weighted by molar-refractivity contribution is 8.15. The SMILES string of the molecule is Cc1ccc(C(C)C)c(N2C(=O)CS/C2=N\C(O)Nc2ccc(COc3ncn(-c4ccc(OC(F)(F)F)cc4)n3)cc2)c1. The molecule has 1 aliphatic rings. The summed E-state index contributed by atoms with van der Waals surface area (Å²) in [5, 5.41) is 18.2. The van der Waals surface area contributed by atoms with Crippen LogP contribution in [-0.4, -0.2) is 49.4 Å². The van der Waals surface area contributed by atoms with Crippen LogP contribution in [0.3, 0.4) is 0 Å². The Balaban J connectivity index is 1.18. The zero-order chi connectivity index (χ0) is 31.4. The topological polar surface area (TPSA) is 114 Å². The van der Waals surface area contributed by atoms with Gasteiger partial charge in [0.15, 0.2) is 5.17 Å². The molecular formula is C30H29F3N6O4S. The molecular weight excluding hydrogens is 597 g/mol. The van der Waals surface area contributed by atoms with Gasteiger partial charge >= 0.3 is 12.4 Å². The van der Waals surface area contributed by atoms with Gasteiger partial charge in [-0.15, -0.1) is 18.3 Å². The summed E-state index contributed by atoms with van der Waals surface area (Å²) in [6.07, 6.45) is -4.68. The summed E-state index contributed by atoms with van der Waals surface area (Å²) in [5.74, 6) is 0.00484. The van der Waals surface area contributed by atoms with E-state index in [1.165, 1.54) is 47.0 Å². The molecule has 0 spiro atoms. The summed E-state index contributed by atoms with van der Waals surface area (Å²) in [7, 11) is 0. The number of hydrogen-bond donors (Lipinski definition) is 2. The van der Waals surface area contributed by atoms with Crippen molar-refractivity contribution in [1.29, 1.82) is 0 Å². The lowest BCUT2D eigenvalue weighted by Gasteiger charge is -2.23. The first kappa shape index (κ1) is 30.9. The predicted molar refractivity (Wildman–Crippen MR) is 161 cm³/mol. The average molecular weight is 627 g/mol. The minimum absolute atomic E-state index is 0.0801. The molecule has 1 saturated heterocycles. The van der Waals surface area contributed by atoms with Crippen molar-refractivity contribution in [3.63, 3.8) is 0 Å². The molecule has 0 aliphatic carbocycles. The number of alkyl halides is 3. The molecule has 1 unspecified atom stereocenters. The summed E-state index contributed by atoms with van der Waals surface area (Å²) in [6.45, 7) is 6.25. The molecule has 1 aromatic heterocycles. The van der Waals surface area contributed by atoms with E-state index in [1.54, 1.807) is 29.2 Å². The molecule has 1 aliphatic heterocycles. The summed E-state index contributed by atoms with van der Waals surface area (Å²) in [5.41, 5.74) is 4.69. The van der Waals surface area contributed by atoms with Crippen LogP contribution in [0.2, 0.25) is 0 Å². The highest BCUT2D eigenvalue weighted by Crippen LogP contribution is 2.34. The molecule has 230 valence electrons. The number of benzene rings is 3. The molecule has 1 atom stereocenters. The van der Waals surface area contributed by atoms with Gasteiger partial charge < -0.3 is 19.9 Å². The van der Waals surface area contributed by atoms with Crippen LogP contribution < -0.4 is 19.7 Å². The monoisotopic (exact) mass is 626 g/mol. The second-order valence-electron chi connectivity index (χ2n) is 10.2. The van der Waals surface area contributed by atoms with E-state index in [0.29, 0.717) is 16.5 Å². The molecule has 10 nitrogen and oxygen atoms in total. The number of nitrogens with one attached hydrogen (secondary N) is 1. The number of aryl methyl sites for hydroxylation is 1. The van der Waals surface area contributed by atoms with E-state index in [-0.39, 0.29) is 35.9 Å². The molecule has 4 aromatic rings. The number of carbonyl (C=O) groups is 1. The van der Waals surface area contributed by atoms with Gasteiger partial charge in [0.2, 0.25) is 12.3 Å². The van der Waals surface area contributed by atoms with Crippen LogP contribution in [0.4, 0.5) is 24.5 Å². The van der Waals surface area contributed by atoms with Crippen LogP contribution in [-0.2, 0) is 11.4 Å². The Labute approximate surface area is 255 Å². The van der Waals surface area contributed by atoms with Crippen molar-refractivity contribution in [2.45, 2.75) is 46.0 Å². The number of aromatic nitrogens is 3. The highest BCUT2D eigenvalue weighted by atomic mass is 32.2. The normalized spacial score (nSPS) is 15.2. The maximum Gasteiger partial charge on any atom is 0.573 e. The summed E-state index contributed by atoms with van der Waals surface area (Å²) in [6, 6.07) is 18.3. The number of amidine groups is 1. The maximum absolute atomic E-state index is 12.8. The Morgan fingerprint density at radius 2 is 1.82 bits per heavy atom. The van der Waals surface area contributed by atoms with Crippen LogP contribution in [0.15, 0.2) is 78.0 Å². The molecule has 14 heteroatoms. The number of thioether (sulfide) groups is 1. The largest absolute Gasteiger partial charge is 0.573 e. The predicted octanol–water partition coefficient (Wildman–Crippen LogP) is 6.00. The summed E-state index contributed by atoms with van der Waals surface area (Å²) < 4.78 is 48.0. The van der Waals surface area contributed by atoms with E-state index in [9.17, 15) is 23.1 Å². The number of amides is 1. The summed E-state index contributed by atoms with van der Waals surface area (Å²) >= 11 is 1.28.